The lowest BCUT2D eigenvalue weighted by molar-refractivity contribution is -0.384. The number of anilines is 2. The molecule has 2 bridgehead atoms. The van der Waals surface area contributed by atoms with Crippen molar-refractivity contribution in [2.45, 2.75) is 43.9 Å². The van der Waals surface area contributed by atoms with Crippen molar-refractivity contribution >= 4 is 17.3 Å². The number of fused-ring (bicyclic) bond motifs is 2. The summed E-state index contributed by atoms with van der Waals surface area (Å²) in [5.41, 5.74) is 0.0462. The minimum Gasteiger partial charge on any atom is -0.393 e. The van der Waals surface area contributed by atoms with Gasteiger partial charge in [0.25, 0.3) is 5.69 Å². The van der Waals surface area contributed by atoms with Gasteiger partial charge in [-0.2, -0.15) is 0 Å². The first kappa shape index (κ1) is 13.1. The van der Waals surface area contributed by atoms with Gasteiger partial charge in [-0.3, -0.25) is 10.1 Å². The van der Waals surface area contributed by atoms with Gasteiger partial charge in [0.05, 0.1) is 23.2 Å². The SMILES string of the molecule is CNc1cc([N+](=O)[O-])cc(N2C3CCC2CC(O)C3)n1. The van der Waals surface area contributed by atoms with Gasteiger partial charge in [0.2, 0.25) is 0 Å². The molecule has 3 rings (SSSR count). The molecule has 0 amide bonds. The fraction of sp³-hybridized carbons (Fsp3) is 0.615. The first-order valence-corrected chi connectivity index (χ1v) is 6.89. The lowest BCUT2D eigenvalue weighted by atomic mass is 10.00. The topological polar surface area (TPSA) is 91.5 Å². The first-order valence-electron chi connectivity index (χ1n) is 6.89. The summed E-state index contributed by atoms with van der Waals surface area (Å²) in [7, 11) is 1.70. The molecule has 3 heterocycles. The van der Waals surface area contributed by atoms with Crippen molar-refractivity contribution in [3.05, 3.63) is 22.2 Å². The summed E-state index contributed by atoms with van der Waals surface area (Å²) in [4.78, 5) is 17.2. The van der Waals surface area contributed by atoms with E-state index in [1.165, 1.54) is 12.1 Å². The van der Waals surface area contributed by atoms with E-state index in [1.807, 2.05) is 0 Å². The van der Waals surface area contributed by atoms with E-state index >= 15 is 0 Å². The molecule has 0 aromatic carbocycles. The van der Waals surface area contributed by atoms with Crippen molar-refractivity contribution in [3.63, 3.8) is 0 Å². The van der Waals surface area contributed by atoms with Crippen LogP contribution >= 0.6 is 0 Å². The van der Waals surface area contributed by atoms with Crippen molar-refractivity contribution < 1.29 is 10.0 Å². The van der Waals surface area contributed by atoms with Crippen molar-refractivity contribution in [1.82, 2.24) is 4.98 Å². The predicted molar refractivity (Wildman–Crippen MR) is 75.0 cm³/mol. The molecule has 1 aromatic heterocycles. The van der Waals surface area contributed by atoms with E-state index in [-0.39, 0.29) is 23.9 Å². The van der Waals surface area contributed by atoms with Crippen molar-refractivity contribution in [3.8, 4) is 0 Å². The monoisotopic (exact) mass is 278 g/mol. The van der Waals surface area contributed by atoms with Crippen LogP contribution in [0.1, 0.15) is 25.7 Å². The number of nitrogens with one attached hydrogen (secondary N) is 1. The standard InChI is InChI=1S/C13H18N4O3/c1-14-12-6-10(17(19)20)7-13(15-12)16-8-2-3-9(16)5-11(18)4-8/h6-9,11,18H,2-5H2,1H3,(H,14,15). The highest BCUT2D eigenvalue weighted by Crippen LogP contribution is 2.39. The van der Waals surface area contributed by atoms with Crippen LogP contribution in [0.2, 0.25) is 0 Å². The Morgan fingerprint density at radius 1 is 1.40 bits per heavy atom. The minimum absolute atomic E-state index is 0.0462. The normalized spacial score (nSPS) is 28.5. The fourth-order valence-electron chi connectivity index (χ4n) is 3.39. The molecule has 7 nitrogen and oxygen atoms in total. The molecular formula is C13H18N4O3. The second-order valence-corrected chi connectivity index (χ2v) is 5.49. The van der Waals surface area contributed by atoms with E-state index < -0.39 is 4.92 Å². The molecule has 0 saturated carbocycles. The Kier molecular flexibility index (Phi) is 3.21. The molecule has 2 atom stereocenters. The third-order valence-corrected chi connectivity index (χ3v) is 4.24. The van der Waals surface area contributed by atoms with Gasteiger partial charge in [-0.25, -0.2) is 4.98 Å². The van der Waals surface area contributed by atoms with E-state index in [1.54, 1.807) is 7.05 Å². The van der Waals surface area contributed by atoms with E-state index in [9.17, 15) is 15.2 Å². The van der Waals surface area contributed by atoms with Crippen LogP contribution in [0.4, 0.5) is 17.3 Å². The Labute approximate surface area is 116 Å². The summed E-state index contributed by atoms with van der Waals surface area (Å²) in [5.74, 6) is 1.14. The van der Waals surface area contributed by atoms with Crippen LogP contribution in [0.25, 0.3) is 0 Å². The van der Waals surface area contributed by atoms with Gasteiger partial charge < -0.3 is 15.3 Å². The number of pyridine rings is 1. The summed E-state index contributed by atoms with van der Waals surface area (Å²) in [6.45, 7) is 0. The minimum atomic E-state index is -0.396. The Hall–Kier alpha value is -1.89. The number of aromatic nitrogens is 1. The molecule has 2 N–H and O–H groups in total. The second-order valence-electron chi connectivity index (χ2n) is 5.49. The molecule has 0 radical (unpaired) electrons. The quantitative estimate of drug-likeness (QED) is 0.643. The maximum atomic E-state index is 11.0. The van der Waals surface area contributed by atoms with Crippen LogP contribution in [0, 0.1) is 10.1 Å². The lowest BCUT2D eigenvalue weighted by Crippen LogP contribution is -2.45. The molecule has 2 fully saturated rings. The zero-order valence-corrected chi connectivity index (χ0v) is 11.3. The zero-order valence-electron chi connectivity index (χ0n) is 11.3. The fourth-order valence-corrected chi connectivity index (χ4v) is 3.39. The molecule has 1 aromatic rings. The van der Waals surface area contributed by atoms with Gasteiger partial charge >= 0.3 is 0 Å². The number of nitrogens with zero attached hydrogens (tertiary/aromatic N) is 3. The third-order valence-electron chi connectivity index (χ3n) is 4.24. The van der Waals surface area contributed by atoms with Gasteiger partial charge in [0.1, 0.15) is 11.6 Å². The van der Waals surface area contributed by atoms with Crippen LogP contribution in [0.5, 0.6) is 0 Å². The smallest absolute Gasteiger partial charge is 0.276 e. The van der Waals surface area contributed by atoms with Crippen molar-refractivity contribution in [1.29, 1.82) is 0 Å². The first-order chi connectivity index (χ1) is 9.58. The van der Waals surface area contributed by atoms with E-state index in [4.69, 9.17) is 0 Å². The van der Waals surface area contributed by atoms with Crippen LogP contribution in [-0.2, 0) is 0 Å². The molecule has 2 aliphatic rings. The number of aliphatic hydroxyl groups excluding tert-OH is 1. The molecule has 2 aliphatic heterocycles. The van der Waals surface area contributed by atoms with Crippen molar-refractivity contribution in [2.24, 2.45) is 0 Å². The molecule has 2 unspecified atom stereocenters. The molecule has 7 heteroatoms. The predicted octanol–water partition coefficient (Wildman–Crippen LogP) is 1.52. The maximum absolute atomic E-state index is 11.0. The molecular weight excluding hydrogens is 260 g/mol. The van der Waals surface area contributed by atoms with Crippen LogP contribution < -0.4 is 10.2 Å². The highest BCUT2D eigenvalue weighted by molar-refractivity contribution is 5.57. The Balaban J connectivity index is 1.98. The van der Waals surface area contributed by atoms with Gasteiger partial charge in [0, 0.05) is 19.1 Å². The summed E-state index contributed by atoms with van der Waals surface area (Å²) in [5, 5.41) is 23.7. The lowest BCUT2D eigenvalue weighted by Gasteiger charge is -2.38. The van der Waals surface area contributed by atoms with Crippen LogP contribution in [0.3, 0.4) is 0 Å². The summed E-state index contributed by atoms with van der Waals surface area (Å²) in [6, 6.07) is 3.44. The Morgan fingerprint density at radius 2 is 2.05 bits per heavy atom. The average molecular weight is 278 g/mol. The van der Waals surface area contributed by atoms with Gasteiger partial charge in [-0.05, 0) is 25.7 Å². The number of hydrogen-bond acceptors (Lipinski definition) is 6. The van der Waals surface area contributed by atoms with Crippen LogP contribution in [0.15, 0.2) is 12.1 Å². The number of nitro groups is 1. The van der Waals surface area contributed by atoms with Gasteiger partial charge in [-0.1, -0.05) is 0 Å². The Bertz CT molecular complexity index is 522. The van der Waals surface area contributed by atoms with E-state index in [2.05, 4.69) is 15.2 Å². The van der Waals surface area contributed by atoms with E-state index in [0.717, 1.165) is 25.7 Å². The van der Waals surface area contributed by atoms with Crippen LogP contribution in [-0.4, -0.2) is 40.2 Å². The zero-order chi connectivity index (χ0) is 14.3. The third kappa shape index (κ3) is 2.18. The number of hydrogen-bond donors (Lipinski definition) is 2. The van der Waals surface area contributed by atoms with E-state index in [0.29, 0.717) is 11.6 Å². The largest absolute Gasteiger partial charge is 0.393 e. The molecule has 0 aliphatic carbocycles. The molecule has 0 spiro atoms. The number of aliphatic hydroxyl groups is 1. The number of piperidine rings is 1. The molecule has 2 saturated heterocycles. The van der Waals surface area contributed by atoms with Crippen molar-refractivity contribution in [2.75, 3.05) is 17.3 Å². The second kappa shape index (κ2) is 4.90. The Morgan fingerprint density at radius 3 is 2.60 bits per heavy atom. The highest BCUT2D eigenvalue weighted by atomic mass is 16.6. The summed E-state index contributed by atoms with van der Waals surface area (Å²) < 4.78 is 0. The highest BCUT2D eigenvalue weighted by Gasteiger charge is 2.41. The summed E-state index contributed by atoms with van der Waals surface area (Å²) >= 11 is 0. The maximum Gasteiger partial charge on any atom is 0.276 e. The molecule has 20 heavy (non-hydrogen) atoms. The average Bonchev–Trinajstić information content (AvgIpc) is 2.70. The van der Waals surface area contributed by atoms with Gasteiger partial charge in [-0.15, -0.1) is 0 Å². The number of rotatable bonds is 3. The van der Waals surface area contributed by atoms with Gasteiger partial charge in [0.15, 0.2) is 0 Å². The summed E-state index contributed by atoms with van der Waals surface area (Å²) in [6.07, 6.45) is 3.21. The molecule has 108 valence electrons.